The Labute approximate surface area is 172 Å². The smallest absolute Gasteiger partial charge is 0.332 e. The maximum absolute atomic E-state index is 12.2. The van der Waals surface area contributed by atoms with E-state index in [-0.39, 0.29) is 11.2 Å². The van der Waals surface area contributed by atoms with Crippen LogP contribution in [0.5, 0.6) is 0 Å². The highest BCUT2D eigenvalue weighted by Gasteiger charge is 2.21. The SMILES string of the molecule is Cn1c(N2CCN(c3ccc(-c4ccc(Cl)cc4)nn3)CC2)cc(=O)n(C)c1=O. The van der Waals surface area contributed by atoms with Crippen molar-refractivity contribution < 1.29 is 0 Å². The lowest BCUT2D eigenvalue weighted by molar-refractivity contribution is 0.605. The van der Waals surface area contributed by atoms with Crippen LogP contribution >= 0.6 is 11.6 Å². The number of aromatic nitrogens is 4. The Morgan fingerprint density at radius 3 is 2.10 bits per heavy atom. The zero-order valence-electron chi connectivity index (χ0n) is 16.2. The van der Waals surface area contributed by atoms with Crippen LogP contribution in [0.2, 0.25) is 5.02 Å². The molecule has 3 heterocycles. The number of hydrogen-bond acceptors (Lipinski definition) is 6. The van der Waals surface area contributed by atoms with Crippen LogP contribution in [0, 0.1) is 0 Å². The van der Waals surface area contributed by atoms with Crippen LogP contribution in [0.1, 0.15) is 0 Å². The minimum atomic E-state index is -0.321. The van der Waals surface area contributed by atoms with Gasteiger partial charge in [0.05, 0.1) is 5.69 Å². The number of piperazine rings is 1. The topological polar surface area (TPSA) is 76.3 Å². The van der Waals surface area contributed by atoms with Crippen LogP contribution < -0.4 is 21.0 Å². The number of benzene rings is 1. The molecule has 0 unspecified atom stereocenters. The molecule has 150 valence electrons. The van der Waals surface area contributed by atoms with Gasteiger partial charge in [-0.25, -0.2) is 4.79 Å². The second-order valence-corrected chi connectivity index (χ2v) is 7.44. The third-order valence-corrected chi connectivity index (χ3v) is 5.47. The molecule has 0 N–H and O–H groups in total. The largest absolute Gasteiger partial charge is 0.354 e. The van der Waals surface area contributed by atoms with Gasteiger partial charge in [-0.3, -0.25) is 13.9 Å². The van der Waals surface area contributed by atoms with Crippen LogP contribution in [-0.2, 0) is 14.1 Å². The van der Waals surface area contributed by atoms with E-state index >= 15 is 0 Å². The van der Waals surface area contributed by atoms with Crippen LogP contribution in [0.25, 0.3) is 11.3 Å². The fraction of sp³-hybridized carbons (Fsp3) is 0.300. The highest BCUT2D eigenvalue weighted by molar-refractivity contribution is 6.30. The molecule has 1 fully saturated rings. The summed E-state index contributed by atoms with van der Waals surface area (Å²) in [6, 6.07) is 12.9. The predicted molar refractivity (Wildman–Crippen MR) is 114 cm³/mol. The Hall–Kier alpha value is -3.13. The molecule has 0 aliphatic carbocycles. The van der Waals surface area contributed by atoms with E-state index in [1.54, 1.807) is 7.05 Å². The zero-order valence-corrected chi connectivity index (χ0v) is 17.0. The van der Waals surface area contributed by atoms with Crippen molar-refractivity contribution >= 4 is 23.2 Å². The van der Waals surface area contributed by atoms with Gasteiger partial charge in [-0.05, 0) is 24.3 Å². The molecule has 8 nitrogen and oxygen atoms in total. The van der Waals surface area contributed by atoms with Crippen molar-refractivity contribution in [2.75, 3.05) is 36.0 Å². The minimum Gasteiger partial charge on any atom is -0.354 e. The summed E-state index contributed by atoms with van der Waals surface area (Å²) < 4.78 is 2.62. The number of halogens is 1. The molecule has 0 spiro atoms. The lowest BCUT2D eigenvalue weighted by Crippen LogP contribution is -2.49. The number of rotatable bonds is 3. The van der Waals surface area contributed by atoms with Crippen molar-refractivity contribution in [3.63, 3.8) is 0 Å². The highest BCUT2D eigenvalue weighted by Crippen LogP contribution is 2.22. The first-order valence-corrected chi connectivity index (χ1v) is 9.68. The Morgan fingerprint density at radius 1 is 0.828 bits per heavy atom. The van der Waals surface area contributed by atoms with Gasteiger partial charge in [0.15, 0.2) is 5.82 Å². The first kappa shape index (κ1) is 19.2. The van der Waals surface area contributed by atoms with E-state index in [1.807, 2.05) is 36.4 Å². The van der Waals surface area contributed by atoms with Crippen molar-refractivity contribution in [3.8, 4) is 11.3 Å². The Balaban J connectivity index is 1.47. The second kappa shape index (κ2) is 7.71. The summed E-state index contributed by atoms with van der Waals surface area (Å²) >= 11 is 5.93. The molecular formula is C20H21ClN6O2. The molecule has 1 saturated heterocycles. The molecule has 3 aromatic rings. The molecule has 1 aromatic carbocycles. The van der Waals surface area contributed by atoms with E-state index in [2.05, 4.69) is 20.0 Å². The van der Waals surface area contributed by atoms with Crippen molar-refractivity contribution in [2.45, 2.75) is 0 Å². The molecule has 1 aliphatic heterocycles. The first-order chi connectivity index (χ1) is 13.9. The maximum Gasteiger partial charge on any atom is 0.332 e. The minimum absolute atomic E-state index is 0.297. The average Bonchev–Trinajstić information content (AvgIpc) is 2.76. The quantitative estimate of drug-likeness (QED) is 0.649. The fourth-order valence-electron chi connectivity index (χ4n) is 3.46. The molecule has 0 amide bonds. The van der Waals surface area contributed by atoms with E-state index in [1.165, 1.54) is 17.7 Å². The number of anilines is 2. The molecule has 2 aromatic heterocycles. The van der Waals surface area contributed by atoms with Crippen LogP contribution in [0.4, 0.5) is 11.6 Å². The molecule has 0 bridgehead atoms. The third-order valence-electron chi connectivity index (χ3n) is 5.22. The summed E-state index contributed by atoms with van der Waals surface area (Å²) in [4.78, 5) is 28.4. The van der Waals surface area contributed by atoms with Gasteiger partial charge in [0, 0.05) is 56.9 Å². The molecule has 29 heavy (non-hydrogen) atoms. The van der Waals surface area contributed by atoms with Crippen LogP contribution in [0.3, 0.4) is 0 Å². The van der Waals surface area contributed by atoms with Gasteiger partial charge in [0.2, 0.25) is 0 Å². The van der Waals surface area contributed by atoms with E-state index in [4.69, 9.17) is 11.6 Å². The lowest BCUT2D eigenvalue weighted by Gasteiger charge is -2.36. The molecule has 0 saturated carbocycles. The van der Waals surface area contributed by atoms with Crippen molar-refractivity contribution in [3.05, 3.63) is 68.3 Å². The fourth-order valence-corrected chi connectivity index (χ4v) is 3.58. The molecule has 1 aliphatic rings. The van der Waals surface area contributed by atoms with Gasteiger partial charge in [0.1, 0.15) is 5.82 Å². The normalized spacial score (nSPS) is 14.3. The summed E-state index contributed by atoms with van der Waals surface area (Å²) in [5.41, 5.74) is 1.14. The van der Waals surface area contributed by atoms with Crippen molar-refractivity contribution in [2.24, 2.45) is 14.1 Å². The van der Waals surface area contributed by atoms with Crippen LogP contribution in [-0.4, -0.2) is 45.5 Å². The molecule has 4 rings (SSSR count). The Morgan fingerprint density at radius 2 is 1.48 bits per heavy atom. The van der Waals surface area contributed by atoms with Gasteiger partial charge < -0.3 is 9.80 Å². The van der Waals surface area contributed by atoms with Gasteiger partial charge in [-0.15, -0.1) is 10.2 Å². The summed E-state index contributed by atoms with van der Waals surface area (Å²) in [6.45, 7) is 2.80. The predicted octanol–water partition coefficient (Wildman–Crippen LogP) is 1.52. The first-order valence-electron chi connectivity index (χ1n) is 9.30. The molecule has 0 radical (unpaired) electrons. The molecule has 0 atom stereocenters. The lowest BCUT2D eigenvalue weighted by atomic mass is 10.1. The van der Waals surface area contributed by atoms with E-state index in [0.29, 0.717) is 23.9 Å². The standard InChI is InChI=1S/C20H21ClN6O2/c1-24-18(13-19(28)25(2)20(24)29)27-11-9-26(10-12-27)17-8-7-16(22-23-17)14-3-5-15(21)6-4-14/h3-8,13H,9-12H2,1-2H3. The van der Waals surface area contributed by atoms with Gasteiger partial charge in [-0.1, -0.05) is 23.7 Å². The summed E-state index contributed by atoms with van der Waals surface area (Å²) in [5, 5.41) is 9.40. The monoisotopic (exact) mass is 412 g/mol. The van der Waals surface area contributed by atoms with E-state index < -0.39 is 0 Å². The summed E-state index contributed by atoms with van der Waals surface area (Å²) in [7, 11) is 3.17. The zero-order chi connectivity index (χ0) is 20.5. The van der Waals surface area contributed by atoms with E-state index in [9.17, 15) is 9.59 Å². The molecule has 9 heteroatoms. The van der Waals surface area contributed by atoms with Gasteiger partial charge >= 0.3 is 5.69 Å². The highest BCUT2D eigenvalue weighted by atomic mass is 35.5. The number of hydrogen-bond donors (Lipinski definition) is 0. The van der Waals surface area contributed by atoms with Gasteiger partial charge in [-0.2, -0.15) is 0 Å². The van der Waals surface area contributed by atoms with E-state index in [0.717, 1.165) is 34.7 Å². The second-order valence-electron chi connectivity index (χ2n) is 7.00. The maximum atomic E-state index is 12.2. The Kier molecular flexibility index (Phi) is 5.10. The summed E-state index contributed by atoms with van der Waals surface area (Å²) in [6.07, 6.45) is 0. The average molecular weight is 413 g/mol. The summed E-state index contributed by atoms with van der Waals surface area (Å²) in [5.74, 6) is 1.45. The number of nitrogens with zero attached hydrogens (tertiary/aromatic N) is 6. The third kappa shape index (κ3) is 3.75. The van der Waals surface area contributed by atoms with Crippen molar-refractivity contribution in [1.82, 2.24) is 19.3 Å². The Bertz CT molecular complexity index is 1130. The van der Waals surface area contributed by atoms with Crippen molar-refractivity contribution in [1.29, 1.82) is 0 Å². The molecular weight excluding hydrogens is 392 g/mol. The van der Waals surface area contributed by atoms with Gasteiger partial charge in [0.25, 0.3) is 5.56 Å². The van der Waals surface area contributed by atoms with Crippen LogP contribution in [0.15, 0.2) is 52.1 Å².